The van der Waals surface area contributed by atoms with Crippen molar-refractivity contribution in [2.24, 2.45) is 5.10 Å². The Morgan fingerprint density at radius 2 is 2.12 bits per heavy atom. The summed E-state index contributed by atoms with van der Waals surface area (Å²) < 4.78 is 1.93. The van der Waals surface area contributed by atoms with E-state index in [2.05, 4.69) is 15.3 Å². The molecule has 124 valence electrons. The van der Waals surface area contributed by atoms with E-state index in [4.69, 9.17) is 0 Å². The maximum absolute atomic E-state index is 12.9. The Labute approximate surface area is 138 Å². The van der Waals surface area contributed by atoms with Crippen molar-refractivity contribution < 1.29 is 9.59 Å². The number of nitrogens with zero attached hydrogens (tertiary/aromatic N) is 6. The van der Waals surface area contributed by atoms with Crippen molar-refractivity contribution in [3.05, 3.63) is 30.2 Å². The molecule has 0 spiro atoms. The number of carbonyl (C=O) groups excluding carboxylic acids is 2. The monoisotopic (exact) mass is 326 g/mol. The first-order chi connectivity index (χ1) is 11.6. The van der Waals surface area contributed by atoms with Crippen LogP contribution >= 0.6 is 0 Å². The summed E-state index contributed by atoms with van der Waals surface area (Å²) in [6.45, 7) is 0.669. The molecule has 2 aliphatic heterocycles. The summed E-state index contributed by atoms with van der Waals surface area (Å²) >= 11 is 0. The van der Waals surface area contributed by atoms with Crippen LogP contribution in [0.2, 0.25) is 0 Å². The highest BCUT2D eigenvalue weighted by Gasteiger charge is 2.36. The molecule has 0 radical (unpaired) electrons. The number of rotatable bonds is 2. The molecule has 0 N–H and O–H groups in total. The molecule has 0 aromatic carbocycles. The molecule has 1 fully saturated rings. The zero-order valence-electron chi connectivity index (χ0n) is 13.4. The lowest BCUT2D eigenvalue weighted by molar-refractivity contribution is -0.130. The molecule has 8 nitrogen and oxygen atoms in total. The van der Waals surface area contributed by atoms with E-state index in [1.807, 2.05) is 33.7 Å². The SMILES string of the molecule is CN1N=C(C(=O)N2CCCC2c2nnc3ccccn23)CCC1=O. The number of pyridine rings is 1. The van der Waals surface area contributed by atoms with Gasteiger partial charge in [-0.05, 0) is 25.0 Å². The fourth-order valence-electron chi connectivity index (χ4n) is 3.35. The fourth-order valence-corrected chi connectivity index (χ4v) is 3.35. The predicted octanol–water partition coefficient (Wildman–Crippen LogP) is 1.00. The van der Waals surface area contributed by atoms with Gasteiger partial charge in [0, 0.05) is 32.6 Å². The first kappa shape index (κ1) is 14.8. The topological polar surface area (TPSA) is 83.2 Å². The number of hydrazone groups is 1. The molecule has 2 aromatic rings. The molecule has 0 saturated carbocycles. The van der Waals surface area contributed by atoms with E-state index >= 15 is 0 Å². The summed E-state index contributed by atoms with van der Waals surface area (Å²) in [5.41, 5.74) is 1.21. The number of aromatic nitrogens is 3. The Kier molecular flexibility index (Phi) is 3.51. The van der Waals surface area contributed by atoms with Crippen LogP contribution < -0.4 is 0 Å². The molecule has 2 amide bonds. The summed E-state index contributed by atoms with van der Waals surface area (Å²) in [5, 5.41) is 13.9. The van der Waals surface area contributed by atoms with Crippen molar-refractivity contribution in [2.75, 3.05) is 13.6 Å². The molecule has 8 heteroatoms. The van der Waals surface area contributed by atoms with Crippen LogP contribution in [-0.2, 0) is 9.59 Å². The second-order valence-electron chi connectivity index (χ2n) is 6.11. The van der Waals surface area contributed by atoms with Crippen LogP contribution in [0.25, 0.3) is 5.65 Å². The molecule has 2 aliphatic rings. The van der Waals surface area contributed by atoms with Gasteiger partial charge in [-0.2, -0.15) is 5.10 Å². The summed E-state index contributed by atoms with van der Waals surface area (Å²) in [6, 6.07) is 5.62. The minimum atomic E-state index is -0.111. The summed E-state index contributed by atoms with van der Waals surface area (Å²) in [6.07, 6.45) is 4.40. The number of hydrogen-bond acceptors (Lipinski definition) is 5. The zero-order chi connectivity index (χ0) is 16.7. The molecule has 4 heterocycles. The van der Waals surface area contributed by atoms with Crippen LogP contribution in [0.1, 0.15) is 37.5 Å². The van der Waals surface area contributed by atoms with Gasteiger partial charge in [0.05, 0.1) is 6.04 Å². The van der Waals surface area contributed by atoms with Gasteiger partial charge in [-0.15, -0.1) is 10.2 Å². The standard InChI is InChI=1S/C16H18N6O2/c1-20-14(23)8-7-11(19-20)16(24)21-10-4-5-12(21)15-18-17-13-6-2-3-9-22(13)15/h2-3,6,9,12H,4-5,7-8,10H2,1H3. The summed E-state index contributed by atoms with van der Waals surface area (Å²) in [4.78, 5) is 26.3. The van der Waals surface area contributed by atoms with Gasteiger partial charge in [0.15, 0.2) is 11.5 Å². The van der Waals surface area contributed by atoms with Crippen molar-refractivity contribution in [2.45, 2.75) is 31.7 Å². The highest BCUT2D eigenvalue weighted by Crippen LogP contribution is 2.31. The van der Waals surface area contributed by atoms with E-state index in [1.54, 1.807) is 7.05 Å². The van der Waals surface area contributed by atoms with Crippen LogP contribution in [0.5, 0.6) is 0 Å². The van der Waals surface area contributed by atoms with Crippen molar-refractivity contribution in [3.63, 3.8) is 0 Å². The van der Waals surface area contributed by atoms with Gasteiger partial charge in [0.2, 0.25) is 5.91 Å². The lowest BCUT2D eigenvalue weighted by Crippen LogP contribution is -2.40. The van der Waals surface area contributed by atoms with Crippen molar-refractivity contribution in [1.82, 2.24) is 24.5 Å². The van der Waals surface area contributed by atoms with Crippen LogP contribution in [-0.4, -0.2) is 55.6 Å². The van der Waals surface area contributed by atoms with Gasteiger partial charge >= 0.3 is 0 Å². The van der Waals surface area contributed by atoms with E-state index in [-0.39, 0.29) is 17.9 Å². The molecule has 0 aliphatic carbocycles. The van der Waals surface area contributed by atoms with Gasteiger partial charge in [-0.25, -0.2) is 5.01 Å². The van der Waals surface area contributed by atoms with Gasteiger partial charge in [-0.1, -0.05) is 6.07 Å². The van der Waals surface area contributed by atoms with Gasteiger partial charge in [0.1, 0.15) is 5.71 Å². The smallest absolute Gasteiger partial charge is 0.270 e. The summed E-state index contributed by atoms with van der Waals surface area (Å²) in [5.74, 6) is 0.606. The van der Waals surface area contributed by atoms with Crippen LogP contribution in [0.3, 0.4) is 0 Å². The summed E-state index contributed by atoms with van der Waals surface area (Å²) in [7, 11) is 1.59. The number of amides is 2. The van der Waals surface area contributed by atoms with E-state index < -0.39 is 0 Å². The fraction of sp³-hybridized carbons (Fsp3) is 0.438. The minimum Gasteiger partial charge on any atom is -0.327 e. The van der Waals surface area contributed by atoms with Crippen LogP contribution in [0, 0.1) is 0 Å². The van der Waals surface area contributed by atoms with Gasteiger partial charge in [-0.3, -0.25) is 14.0 Å². The van der Waals surface area contributed by atoms with Crippen LogP contribution in [0.15, 0.2) is 29.5 Å². The molecule has 1 unspecified atom stereocenters. The van der Waals surface area contributed by atoms with E-state index in [0.29, 0.717) is 25.1 Å². The zero-order valence-corrected chi connectivity index (χ0v) is 13.4. The van der Waals surface area contributed by atoms with Crippen molar-refractivity contribution in [1.29, 1.82) is 0 Å². The normalized spacial score (nSPS) is 21.5. The second-order valence-corrected chi connectivity index (χ2v) is 6.11. The quantitative estimate of drug-likeness (QED) is 0.824. The molecule has 0 bridgehead atoms. The first-order valence-corrected chi connectivity index (χ1v) is 8.10. The number of hydrogen-bond donors (Lipinski definition) is 0. The molecule has 1 saturated heterocycles. The lowest BCUT2D eigenvalue weighted by atomic mass is 10.1. The third-order valence-corrected chi connectivity index (χ3v) is 4.61. The van der Waals surface area contributed by atoms with Crippen molar-refractivity contribution in [3.8, 4) is 0 Å². The Morgan fingerprint density at radius 1 is 1.25 bits per heavy atom. The number of carbonyl (C=O) groups is 2. The second kappa shape index (κ2) is 5.70. The van der Waals surface area contributed by atoms with Crippen LogP contribution in [0.4, 0.5) is 0 Å². The van der Waals surface area contributed by atoms with Gasteiger partial charge < -0.3 is 4.90 Å². The third-order valence-electron chi connectivity index (χ3n) is 4.61. The molecule has 1 atom stereocenters. The molecule has 2 aromatic heterocycles. The Balaban J connectivity index is 1.64. The lowest BCUT2D eigenvalue weighted by Gasteiger charge is -2.26. The van der Waals surface area contributed by atoms with Gasteiger partial charge in [0.25, 0.3) is 5.91 Å². The maximum Gasteiger partial charge on any atom is 0.270 e. The Morgan fingerprint density at radius 3 is 2.96 bits per heavy atom. The Bertz CT molecular complexity index is 842. The number of fused-ring (bicyclic) bond motifs is 1. The average molecular weight is 326 g/mol. The molecule has 24 heavy (non-hydrogen) atoms. The van der Waals surface area contributed by atoms with E-state index in [1.165, 1.54) is 5.01 Å². The van der Waals surface area contributed by atoms with E-state index in [9.17, 15) is 9.59 Å². The van der Waals surface area contributed by atoms with E-state index in [0.717, 1.165) is 24.3 Å². The average Bonchev–Trinajstić information content (AvgIpc) is 3.22. The highest BCUT2D eigenvalue weighted by molar-refractivity contribution is 6.39. The maximum atomic E-state index is 12.9. The Hall–Kier alpha value is -2.77. The largest absolute Gasteiger partial charge is 0.327 e. The third kappa shape index (κ3) is 2.34. The minimum absolute atomic E-state index is 0.0621. The molecule has 4 rings (SSSR count). The predicted molar refractivity (Wildman–Crippen MR) is 86.1 cm³/mol. The highest BCUT2D eigenvalue weighted by atomic mass is 16.2. The molecular formula is C16H18N6O2. The number of likely N-dealkylation sites (tertiary alicyclic amines) is 1. The first-order valence-electron chi connectivity index (χ1n) is 8.10. The van der Waals surface area contributed by atoms with Crippen molar-refractivity contribution >= 4 is 23.2 Å². The molecular weight excluding hydrogens is 308 g/mol.